The Labute approximate surface area is 318 Å². The fourth-order valence-electron chi connectivity index (χ4n) is 4.68. The second-order valence-corrected chi connectivity index (χ2v) is 17.5. The smallest absolute Gasteiger partial charge is 0.274 e. The number of carbonyl (C=O) groups is 3. The minimum absolute atomic E-state index is 0.0212. The molecule has 6 N–H and O–H groups in total. The number of nitrogens with two attached hydrogens (primary N) is 1. The lowest BCUT2D eigenvalue weighted by molar-refractivity contribution is -0.347. The highest BCUT2D eigenvalue weighted by atomic mass is 32.2. The van der Waals surface area contributed by atoms with Gasteiger partial charge in [-0.2, -0.15) is 0 Å². The van der Waals surface area contributed by atoms with Gasteiger partial charge in [-0.25, -0.2) is 19.3 Å². The van der Waals surface area contributed by atoms with Gasteiger partial charge in [0.1, 0.15) is 36.3 Å². The summed E-state index contributed by atoms with van der Waals surface area (Å²) in [6.45, 7) is 2.05. The Morgan fingerprint density at radius 3 is 2.45 bits per heavy atom. The second kappa shape index (κ2) is 20.1. The summed E-state index contributed by atoms with van der Waals surface area (Å²) in [7, 11) is -17.6. The van der Waals surface area contributed by atoms with Crippen molar-refractivity contribution in [3.05, 3.63) is 24.8 Å². The van der Waals surface area contributed by atoms with E-state index in [1.165, 1.54) is 13.8 Å². The second-order valence-electron chi connectivity index (χ2n) is 12.3. The van der Waals surface area contributed by atoms with Gasteiger partial charge in [-0.05, 0) is 6.42 Å². The molecule has 2 aromatic rings. The van der Waals surface area contributed by atoms with Gasteiger partial charge in [-0.1, -0.05) is 44.7 Å². The molecule has 0 radical (unpaired) electrons. The third-order valence-electron chi connectivity index (χ3n) is 7.43. The quantitative estimate of drug-likeness (QED) is 0.0464. The van der Waals surface area contributed by atoms with Crippen molar-refractivity contribution in [1.82, 2.24) is 30.2 Å². The van der Waals surface area contributed by atoms with Gasteiger partial charge in [0, 0.05) is 37.1 Å². The van der Waals surface area contributed by atoms with Crippen LogP contribution in [0.1, 0.15) is 46.3 Å². The lowest BCUT2D eigenvalue weighted by Gasteiger charge is -2.36. The normalized spacial score (nSPS) is 22.0. The van der Waals surface area contributed by atoms with Crippen molar-refractivity contribution in [2.24, 2.45) is 5.41 Å². The number of rotatable bonds is 22. The molecule has 1 saturated heterocycles. The zero-order chi connectivity index (χ0) is 41.2. The predicted molar refractivity (Wildman–Crippen MR) is 182 cm³/mol. The first kappa shape index (κ1) is 46.7. The lowest BCUT2D eigenvalue weighted by Crippen LogP contribution is -2.46. The van der Waals surface area contributed by atoms with Crippen LogP contribution in [0, 0.1) is 5.41 Å². The van der Waals surface area contributed by atoms with Gasteiger partial charge in [0.15, 0.2) is 22.8 Å². The molecule has 310 valence electrons. The monoisotopic (exact) mass is 859 g/mol. The van der Waals surface area contributed by atoms with Crippen molar-refractivity contribution in [3.63, 3.8) is 0 Å². The topological polar surface area (TPSA) is 375 Å². The molecular formula is C27H40N7O17P3S-4. The highest BCUT2D eigenvalue weighted by molar-refractivity contribution is 8.13. The maximum atomic E-state index is 12.5. The van der Waals surface area contributed by atoms with E-state index in [-0.39, 0.29) is 48.0 Å². The highest BCUT2D eigenvalue weighted by Gasteiger charge is 2.47. The average Bonchev–Trinajstić information content (AvgIpc) is 3.64. The van der Waals surface area contributed by atoms with E-state index >= 15 is 0 Å². The van der Waals surface area contributed by atoms with Crippen molar-refractivity contribution in [1.29, 1.82) is 0 Å². The minimum Gasteiger partial charge on any atom is -0.790 e. The van der Waals surface area contributed by atoms with Crippen LogP contribution in [0.2, 0.25) is 0 Å². The fourth-order valence-corrected chi connectivity index (χ4v) is 8.06. The van der Waals surface area contributed by atoms with Crippen LogP contribution in [0.15, 0.2) is 24.8 Å². The van der Waals surface area contributed by atoms with Gasteiger partial charge in [-0.3, -0.25) is 28.1 Å². The summed E-state index contributed by atoms with van der Waals surface area (Å²) in [6, 6.07) is 0. The van der Waals surface area contributed by atoms with Gasteiger partial charge >= 0.3 is 0 Å². The molecule has 0 bridgehead atoms. The molecule has 28 heteroatoms. The molecule has 2 unspecified atom stereocenters. The van der Waals surface area contributed by atoms with Crippen molar-refractivity contribution in [3.8, 4) is 0 Å². The number of aliphatic hydroxyl groups is 2. The van der Waals surface area contributed by atoms with E-state index in [1.54, 1.807) is 6.08 Å². The Morgan fingerprint density at radius 1 is 1.09 bits per heavy atom. The summed E-state index contributed by atoms with van der Waals surface area (Å²) >= 11 is 1.06. The molecule has 24 nitrogen and oxygen atoms in total. The SMILES string of the molecule is CC/C=C/CC(=O)SCCNC(=O)CCNC(=O)[C@H](O)C(C)(C)COP(=O)([O-])OP(=O)([O-])OC[C@H]1O[C@@H](n2cnc3c(N)ncnc32)[C@H](O)[C@@H]1OP(=O)([O-])[O-]. The summed E-state index contributed by atoms with van der Waals surface area (Å²) in [5.74, 6) is -1.21. The standard InChI is InChI=1S/C27H44N7O17P3S/c1-4-5-6-7-18(36)55-11-10-29-17(35)8-9-30-25(39)22(38)27(2,3)13-48-54(45,46)51-53(43,44)47-12-16-21(50-52(40,41)42)20(37)26(49-16)34-15-33-19-23(28)31-14-32-24(19)34/h5-6,14-16,20-22,26,37-38H,4,7-13H2,1-3H3,(H,29,35)(H,30,39)(H,43,44)(H,45,46)(H2,28,31,32)(H2,40,41,42)/p-4/b6-5+/t16-,20-,21-,22+,26-/m1/s1. The highest BCUT2D eigenvalue weighted by Crippen LogP contribution is 2.56. The predicted octanol–water partition coefficient (Wildman–Crippen LogP) is -2.51. The third-order valence-corrected chi connectivity index (χ3v) is 11.3. The summed E-state index contributed by atoms with van der Waals surface area (Å²) in [5.41, 5.74) is 4.07. The summed E-state index contributed by atoms with van der Waals surface area (Å²) in [5, 5.41) is 26.1. The Balaban J connectivity index is 1.49. The number of carbonyl (C=O) groups excluding carboxylic acids is 3. The fraction of sp³-hybridized carbons (Fsp3) is 0.630. The number of hydrogen-bond donors (Lipinski definition) is 5. The van der Waals surface area contributed by atoms with E-state index in [9.17, 15) is 57.9 Å². The molecule has 0 aromatic carbocycles. The Hall–Kier alpha value is -2.70. The number of thioether (sulfide) groups is 1. The van der Waals surface area contributed by atoms with Crippen LogP contribution in [0.5, 0.6) is 0 Å². The van der Waals surface area contributed by atoms with Crippen molar-refractivity contribution in [2.45, 2.75) is 70.7 Å². The number of aliphatic hydroxyl groups excluding tert-OH is 2. The van der Waals surface area contributed by atoms with E-state index in [4.69, 9.17) is 10.5 Å². The van der Waals surface area contributed by atoms with E-state index in [0.717, 1.165) is 35.4 Å². The molecule has 55 heavy (non-hydrogen) atoms. The van der Waals surface area contributed by atoms with E-state index < -0.39 is 84.6 Å². The summed E-state index contributed by atoms with van der Waals surface area (Å²) < 4.78 is 60.4. The van der Waals surface area contributed by atoms with E-state index in [0.29, 0.717) is 5.75 Å². The number of allylic oxidation sites excluding steroid dienone is 2. The van der Waals surface area contributed by atoms with Crippen LogP contribution in [0.4, 0.5) is 5.82 Å². The van der Waals surface area contributed by atoms with Crippen LogP contribution < -0.4 is 35.9 Å². The Morgan fingerprint density at radius 2 is 1.78 bits per heavy atom. The maximum absolute atomic E-state index is 12.5. The number of hydrogen-bond acceptors (Lipinski definition) is 22. The molecule has 2 amide bonds. The molecule has 0 aliphatic carbocycles. The van der Waals surface area contributed by atoms with Crippen LogP contribution in [-0.2, 0) is 50.7 Å². The Kier molecular flexibility index (Phi) is 17.1. The van der Waals surface area contributed by atoms with Gasteiger partial charge in [-0.15, -0.1) is 0 Å². The summed E-state index contributed by atoms with van der Waals surface area (Å²) in [6.07, 6.45) is -2.86. The number of amides is 2. The van der Waals surface area contributed by atoms with Crippen LogP contribution in [0.25, 0.3) is 11.2 Å². The number of anilines is 1. The molecule has 0 saturated carbocycles. The number of aromatic nitrogens is 4. The van der Waals surface area contributed by atoms with Gasteiger partial charge in [0.05, 0.1) is 27.4 Å². The molecule has 2 aromatic heterocycles. The Bertz CT molecular complexity index is 1830. The lowest BCUT2D eigenvalue weighted by atomic mass is 9.87. The zero-order valence-corrected chi connectivity index (χ0v) is 33.0. The zero-order valence-electron chi connectivity index (χ0n) is 29.5. The number of imidazole rings is 1. The van der Waals surface area contributed by atoms with E-state index in [1.807, 2.05) is 13.0 Å². The molecule has 1 fully saturated rings. The largest absolute Gasteiger partial charge is 0.790 e. The number of nitrogens with one attached hydrogen (secondary N) is 2. The number of ether oxygens (including phenoxy) is 1. The average molecular weight is 860 g/mol. The molecule has 1 aliphatic rings. The summed E-state index contributed by atoms with van der Waals surface area (Å²) in [4.78, 5) is 95.6. The first-order valence-corrected chi connectivity index (χ1v) is 21.5. The van der Waals surface area contributed by atoms with Crippen LogP contribution in [-0.4, -0.2) is 103 Å². The van der Waals surface area contributed by atoms with Gasteiger partial charge in [0.2, 0.25) is 11.8 Å². The number of phosphoric ester groups is 3. The van der Waals surface area contributed by atoms with Crippen LogP contribution in [0.3, 0.4) is 0 Å². The maximum Gasteiger partial charge on any atom is 0.274 e. The van der Waals surface area contributed by atoms with Gasteiger partial charge in [0.25, 0.3) is 15.6 Å². The van der Waals surface area contributed by atoms with Gasteiger partial charge < -0.3 is 69.0 Å². The minimum atomic E-state index is -5.91. The number of nitrogens with zero attached hydrogens (tertiary/aromatic N) is 4. The van der Waals surface area contributed by atoms with Crippen molar-refractivity contribution >= 4 is 69.1 Å². The number of nitrogen functional groups attached to an aromatic ring is 1. The first-order valence-electron chi connectivity index (χ1n) is 16.2. The molecule has 1 aliphatic heterocycles. The first-order chi connectivity index (χ1) is 25.6. The van der Waals surface area contributed by atoms with E-state index in [2.05, 4.69) is 43.5 Å². The molecule has 7 atom stereocenters. The van der Waals surface area contributed by atoms with Crippen molar-refractivity contribution < 1.29 is 80.5 Å². The van der Waals surface area contributed by atoms with Crippen LogP contribution >= 0.6 is 35.2 Å². The van der Waals surface area contributed by atoms with Crippen molar-refractivity contribution in [2.75, 3.05) is 37.8 Å². The molecule has 0 spiro atoms. The molecular weight excluding hydrogens is 819 g/mol. The molecule has 3 heterocycles. The number of fused-ring (bicyclic) bond motifs is 1. The number of phosphoric acid groups is 3. The molecule has 3 rings (SSSR count). The third kappa shape index (κ3) is 14.6.